The first-order valence-corrected chi connectivity index (χ1v) is 10.7. The minimum absolute atomic E-state index is 0.257. The summed E-state index contributed by atoms with van der Waals surface area (Å²) in [6.45, 7) is 1.85. The molecule has 0 fully saturated rings. The predicted molar refractivity (Wildman–Crippen MR) is 124 cm³/mol. The number of hydrogen-bond acceptors (Lipinski definition) is 6. The van der Waals surface area contributed by atoms with Gasteiger partial charge in [-0.1, -0.05) is 36.4 Å². The smallest absolute Gasteiger partial charge is 0.190 e. The molecule has 8 nitrogen and oxygen atoms in total. The lowest BCUT2D eigenvalue weighted by Crippen LogP contribution is -2.65. The van der Waals surface area contributed by atoms with E-state index < -0.39 is 5.79 Å². The van der Waals surface area contributed by atoms with Crippen LogP contribution in [0, 0.1) is 6.92 Å². The summed E-state index contributed by atoms with van der Waals surface area (Å²) in [6, 6.07) is 16.4. The Kier molecular flexibility index (Phi) is 4.94. The molecule has 164 valence electrons. The van der Waals surface area contributed by atoms with Crippen molar-refractivity contribution in [3.63, 3.8) is 0 Å². The van der Waals surface area contributed by atoms with Gasteiger partial charge in [0.05, 0.1) is 7.11 Å². The van der Waals surface area contributed by atoms with Crippen molar-refractivity contribution in [1.82, 2.24) is 25.4 Å². The zero-order valence-electron chi connectivity index (χ0n) is 18.5. The summed E-state index contributed by atoms with van der Waals surface area (Å²) in [5.41, 5.74) is 12.2. The van der Waals surface area contributed by atoms with Gasteiger partial charge in [-0.15, -0.1) is 0 Å². The monoisotopic (exact) mass is 429 g/mol. The summed E-state index contributed by atoms with van der Waals surface area (Å²) in [5.74, 6) is 1.40. The van der Waals surface area contributed by atoms with Crippen molar-refractivity contribution in [2.45, 2.75) is 31.5 Å². The molecule has 32 heavy (non-hydrogen) atoms. The topological polar surface area (TPSA) is 102 Å². The minimum atomic E-state index is -1.03. The first-order valence-electron chi connectivity index (χ1n) is 10.7. The highest BCUT2D eigenvalue weighted by molar-refractivity contribution is 6.01. The summed E-state index contributed by atoms with van der Waals surface area (Å²) in [6.07, 6.45) is 3.64. The number of allylic oxidation sites excluding steroid dienone is 1. The van der Waals surface area contributed by atoms with Crippen LogP contribution >= 0.6 is 0 Å². The van der Waals surface area contributed by atoms with Crippen molar-refractivity contribution >= 4 is 5.84 Å². The SMILES string of the molecule is CN=C1NC(N)(c2ccc(-n3cnc(C)n3)c(OC)c2)NC2=C1CCC2c1ccccc1. The van der Waals surface area contributed by atoms with Gasteiger partial charge in [-0.3, -0.25) is 10.7 Å². The van der Waals surface area contributed by atoms with Crippen LogP contribution in [0.3, 0.4) is 0 Å². The quantitative estimate of drug-likeness (QED) is 0.589. The number of ether oxygens (including phenoxy) is 1. The molecule has 4 N–H and O–H groups in total. The van der Waals surface area contributed by atoms with Crippen LogP contribution in [-0.4, -0.2) is 34.8 Å². The highest BCUT2D eigenvalue weighted by Gasteiger charge is 2.41. The van der Waals surface area contributed by atoms with E-state index in [1.54, 1.807) is 25.2 Å². The van der Waals surface area contributed by atoms with Gasteiger partial charge in [-0.2, -0.15) is 5.10 Å². The molecule has 3 aromatic rings. The van der Waals surface area contributed by atoms with E-state index in [2.05, 4.69) is 50.0 Å². The Morgan fingerprint density at radius 3 is 2.69 bits per heavy atom. The number of nitrogens with two attached hydrogens (primary N) is 1. The number of hydrogen-bond donors (Lipinski definition) is 3. The Morgan fingerprint density at radius 1 is 1.19 bits per heavy atom. The summed E-state index contributed by atoms with van der Waals surface area (Å²) in [5, 5.41) is 11.4. The minimum Gasteiger partial charge on any atom is -0.494 e. The maximum atomic E-state index is 6.93. The lowest BCUT2D eigenvalue weighted by Gasteiger charge is -2.40. The molecule has 2 aromatic carbocycles. The Bertz CT molecular complexity index is 1210. The fraction of sp³-hybridized carbons (Fsp3) is 0.292. The lowest BCUT2D eigenvalue weighted by atomic mass is 9.94. The van der Waals surface area contributed by atoms with E-state index in [1.807, 2.05) is 31.2 Å². The number of aromatic nitrogens is 3. The van der Waals surface area contributed by atoms with Crippen LogP contribution in [0.2, 0.25) is 0 Å². The maximum Gasteiger partial charge on any atom is 0.190 e. The lowest BCUT2D eigenvalue weighted by molar-refractivity contribution is 0.329. The number of amidine groups is 1. The Labute approximate surface area is 187 Å². The van der Waals surface area contributed by atoms with E-state index in [-0.39, 0.29) is 5.92 Å². The molecule has 0 amide bonds. The Morgan fingerprint density at radius 2 is 2.00 bits per heavy atom. The van der Waals surface area contributed by atoms with E-state index in [0.29, 0.717) is 11.6 Å². The van der Waals surface area contributed by atoms with Crippen LogP contribution in [0.4, 0.5) is 0 Å². The van der Waals surface area contributed by atoms with Gasteiger partial charge >= 0.3 is 0 Å². The average Bonchev–Trinajstić information content (AvgIpc) is 3.44. The Balaban J connectivity index is 1.54. The van der Waals surface area contributed by atoms with Gasteiger partial charge in [0.2, 0.25) is 0 Å². The number of benzene rings is 2. The van der Waals surface area contributed by atoms with Gasteiger partial charge in [0.25, 0.3) is 0 Å². The molecule has 0 radical (unpaired) electrons. The van der Waals surface area contributed by atoms with E-state index in [9.17, 15) is 0 Å². The van der Waals surface area contributed by atoms with E-state index >= 15 is 0 Å². The highest BCUT2D eigenvalue weighted by atomic mass is 16.5. The molecule has 8 heteroatoms. The molecule has 1 aliphatic carbocycles. The molecule has 2 atom stereocenters. The third-order valence-electron chi connectivity index (χ3n) is 6.20. The fourth-order valence-corrected chi connectivity index (χ4v) is 4.62. The van der Waals surface area contributed by atoms with Gasteiger partial charge < -0.3 is 15.4 Å². The maximum absolute atomic E-state index is 6.93. The van der Waals surface area contributed by atoms with Gasteiger partial charge in [0.15, 0.2) is 5.79 Å². The van der Waals surface area contributed by atoms with Gasteiger partial charge in [0.1, 0.15) is 29.4 Å². The number of aryl methyl sites for hydroxylation is 1. The number of nitrogens with one attached hydrogen (secondary N) is 2. The van der Waals surface area contributed by atoms with E-state index in [1.165, 1.54) is 11.1 Å². The van der Waals surface area contributed by atoms with Crippen molar-refractivity contribution in [1.29, 1.82) is 0 Å². The van der Waals surface area contributed by atoms with Crippen molar-refractivity contribution in [3.05, 3.63) is 83.1 Å². The predicted octanol–water partition coefficient (Wildman–Crippen LogP) is 2.71. The number of methoxy groups -OCH3 is 1. The zero-order valence-corrected chi connectivity index (χ0v) is 18.5. The number of aliphatic imine (C=N–C) groups is 1. The van der Waals surface area contributed by atoms with E-state index in [0.717, 1.165) is 35.6 Å². The summed E-state index contributed by atoms with van der Waals surface area (Å²) in [4.78, 5) is 8.74. The number of rotatable bonds is 4. The molecule has 1 aromatic heterocycles. The van der Waals surface area contributed by atoms with Crippen molar-refractivity contribution in [2.75, 3.05) is 14.2 Å². The molecule has 1 aliphatic heterocycles. The molecule has 0 bridgehead atoms. The molecule has 0 saturated carbocycles. The third kappa shape index (κ3) is 3.33. The second-order valence-corrected chi connectivity index (χ2v) is 8.15. The normalized spacial score (nSPS) is 23.6. The molecule has 5 rings (SSSR count). The van der Waals surface area contributed by atoms with Gasteiger partial charge in [-0.05, 0) is 37.5 Å². The molecular weight excluding hydrogens is 402 g/mol. The van der Waals surface area contributed by atoms with Crippen LogP contribution in [-0.2, 0) is 5.79 Å². The molecule has 2 heterocycles. The molecule has 0 saturated heterocycles. The summed E-state index contributed by atoms with van der Waals surface area (Å²) >= 11 is 0. The largest absolute Gasteiger partial charge is 0.494 e. The second kappa shape index (κ2) is 7.80. The summed E-state index contributed by atoms with van der Waals surface area (Å²) < 4.78 is 7.37. The fourth-order valence-electron chi connectivity index (χ4n) is 4.62. The molecular formula is C24H27N7O. The van der Waals surface area contributed by atoms with Crippen molar-refractivity contribution < 1.29 is 4.74 Å². The van der Waals surface area contributed by atoms with Crippen molar-refractivity contribution in [2.24, 2.45) is 10.7 Å². The highest BCUT2D eigenvalue weighted by Crippen LogP contribution is 2.42. The van der Waals surface area contributed by atoms with Gasteiger partial charge in [-0.25, -0.2) is 9.67 Å². The van der Waals surface area contributed by atoms with E-state index in [4.69, 9.17) is 10.5 Å². The standard InChI is InChI=1S/C24H27N7O/c1-15-27-14-31(30-15)20-12-9-17(13-21(20)32-3)24(25)28-22-18(16-7-5-4-6-8-16)10-11-19(22)23(26-2)29-24/h4-9,12-14,18,28H,10-11,25H2,1-3H3,(H,26,29). The Hall–Kier alpha value is -3.65. The molecule has 2 unspecified atom stereocenters. The molecule has 0 spiro atoms. The number of nitrogens with zero attached hydrogens (tertiary/aromatic N) is 4. The van der Waals surface area contributed by atoms with Gasteiger partial charge in [0, 0.05) is 29.8 Å². The zero-order chi connectivity index (χ0) is 22.3. The van der Waals surface area contributed by atoms with Crippen LogP contribution in [0.5, 0.6) is 5.75 Å². The van der Waals surface area contributed by atoms with Crippen LogP contribution in [0.15, 0.2) is 71.1 Å². The van der Waals surface area contributed by atoms with Crippen LogP contribution in [0.25, 0.3) is 5.69 Å². The first-order chi connectivity index (χ1) is 15.5. The average molecular weight is 430 g/mol. The van der Waals surface area contributed by atoms with Crippen LogP contribution < -0.4 is 21.1 Å². The molecule has 2 aliphatic rings. The van der Waals surface area contributed by atoms with Crippen molar-refractivity contribution in [3.8, 4) is 11.4 Å². The summed E-state index contributed by atoms with van der Waals surface area (Å²) in [7, 11) is 3.44. The van der Waals surface area contributed by atoms with Crippen LogP contribution in [0.1, 0.15) is 35.7 Å². The first kappa shape index (κ1) is 20.3. The third-order valence-corrected chi connectivity index (χ3v) is 6.20. The second-order valence-electron chi connectivity index (χ2n) is 8.15.